The summed E-state index contributed by atoms with van der Waals surface area (Å²) in [5.74, 6) is -0.666. The van der Waals surface area contributed by atoms with Gasteiger partial charge in [-0.3, -0.25) is 14.4 Å². The van der Waals surface area contributed by atoms with E-state index in [1.54, 1.807) is 56.6 Å². The van der Waals surface area contributed by atoms with Crippen LogP contribution >= 0.6 is 11.6 Å². The fourth-order valence-corrected chi connectivity index (χ4v) is 2.91. The Kier molecular flexibility index (Phi) is 8.05. The number of hydrogen-bond acceptors (Lipinski definition) is 4. The minimum Gasteiger partial charge on any atom is -0.376 e. The monoisotopic (exact) mass is 444 g/mol. The maximum absolute atomic E-state index is 12.4. The Hall–Kier alpha value is -3.06. The normalized spacial score (nSPS) is 10.9. The third-order valence-corrected chi connectivity index (χ3v) is 5.11. The molecule has 0 saturated heterocycles. The van der Waals surface area contributed by atoms with Crippen LogP contribution < -0.4 is 16.0 Å². The van der Waals surface area contributed by atoms with Crippen LogP contribution in [0.4, 0.5) is 11.4 Å². The predicted octanol–water partition coefficient (Wildman–Crippen LogP) is 4.01. The number of carbonyl (C=O) groups excluding carboxylic acids is 3. The molecule has 0 unspecified atom stereocenters. The molecule has 0 aromatic heterocycles. The lowest BCUT2D eigenvalue weighted by Gasteiger charge is -2.24. The summed E-state index contributed by atoms with van der Waals surface area (Å²) in [5, 5.41) is 8.98. The molecule has 3 amide bonds. The molecule has 0 fully saturated rings. The first-order chi connectivity index (χ1) is 14.5. The molecule has 2 aromatic rings. The van der Waals surface area contributed by atoms with Crippen LogP contribution in [-0.4, -0.2) is 48.8 Å². The fourth-order valence-electron chi connectivity index (χ4n) is 2.65. The molecule has 0 bridgehead atoms. The minimum absolute atomic E-state index is 0.00338. The Balaban J connectivity index is 1.97. The molecule has 31 heavy (non-hydrogen) atoms. The Bertz CT molecular complexity index is 973. The number of rotatable bonds is 8. The number of carbonyl (C=O) groups is 3. The second-order valence-electron chi connectivity index (χ2n) is 8.07. The van der Waals surface area contributed by atoms with Gasteiger partial charge < -0.3 is 20.9 Å². The first-order valence-corrected chi connectivity index (χ1v) is 10.4. The molecular weight excluding hydrogens is 416 g/mol. The highest BCUT2D eigenvalue weighted by atomic mass is 35.5. The summed E-state index contributed by atoms with van der Waals surface area (Å²) in [6.45, 7) is 5.88. The Labute approximate surface area is 188 Å². The van der Waals surface area contributed by atoms with Crippen LogP contribution in [0, 0.1) is 0 Å². The van der Waals surface area contributed by atoms with Gasteiger partial charge in [0.15, 0.2) is 0 Å². The fraction of sp³-hybridized carbons (Fsp3) is 0.348. The van der Waals surface area contributed by atoms with E-state index >= 15 is 0 Å². The number of amides is 3. The summed E-state index contributed by atoms with van der Waals surface area (Å²) in [6, 6.07) is 11.7. The van der Waals surface area contributed by atoms with Crippen LogP contribution in [-0.2, 0) is 4.79 Å². The van der Waals surface area contributed by atoms with Gasteiger partial charge in [-0.05, 0) is 56.7 Å². The molecule has 0 radical (unpaired) electrons. The van der Waals surface area contributed by atoms with E-state index < -0.39 is 0 Å². The van der Waals surface area contributed by atoms with Gasteiger partial charge in [0, 0.05) is 36.6 Å². The van der Waals surface area contributed by atoms with Crippen molar-refractivity contribution in [3.05, 3.63) is 58.6 Å². The van der Waals surface area contributed by atoms with Gasteiger partial charge in [0.1, 0.15) is 0 Å². The zero-order valence-electron chi connectivity index (χ0n) is 18.5. The van der Waals surface area contributed by atoms with E-state index in [2.05, 4.69) is 16.0 Å². The number of anilines is 2. The highest BCUT2D eigenvalue weighted by Crippen LogP contribution is 2.22. The molecule has 0 aliphatic carbocycles. The third-order valence-electron chi connectivity index (χ3n) is 4.80. The van der Waals surface area contributed by atoms with Crippen molar-refractivity contribution < 1.29 is 14.4 Å². The summed E-state index contributed by atoms with van der Waals surface area (Å²) >= 11 is 6.28. The third kappa shape index (κ3) is 7.00. The van der Waals surface area contributed by atoms with Gasteiger partial charge in [0.2, 0.25) is 5.91 Å². The summed E-state index contributed by atoms with van der Waals surface area (Å²) < 4.78 is 0. The van der Waals surface area contributed by atoms with Gasteiger partial charge in [-0.1, -0.05) is 24.6 Å². The second-order valence-corrected chi connectivity index (χ2v) is 8.48. The number of nitrogens with zero attached hydrogens (tertiary/aromatic N) is 1. The summed E-state index contributed by atoms with van der Waals surface area (Å²) in [4.78, 5) is 38.2. The van der Waals surface area contributed by atoms with E-state index in [0.29, 0.717) is 27.5 Å². The van der Waals surface area contributed by atoms with Gasteiger partial charge in [0.25, 0.3) is 11.8 Å². The van der Waals surface area contributed by atoms with E-state index in [1.807, 2.05) is 20.8 Å². The van der Waals surface area contributed by atoms with Crippen molar-refractivity contribution >= 4 is 40.7 Å². The molecule has 0 heterocycles. The van der Waals surface area contributed by atoms with Crippen LogP contribution in [0.1, 0.15) is 47.9 Å². The van der Waals surface area contributed by atoms with Crippen molar-refractivity contribution in [2.45, 2.75) is 32.7 Å². The van der Waals surface area contributed by atoms with Crippen molar-refractivity contribution in [1.82, 2.24) is 10.2 Å². The maximum Gasteiger partial charge on any atom is 0.253 e. The van der Waals surface area contributed by atoms with Gasteiger partial charge >= 0.3 is 0 Å². The smallest absolute Gasteiger partial charge is 0.253 e. The first kappa shape index (κ1) is 24.2. The number of benzene rings is 2. The molecule has 8 heteroatoms. The van der Waals surface area contributed by atoms with E-state index in [1.165, 1.54) is 4.90 Å². The molecule has 0 spiro atoms. The topological polar surface area (TPSA) is 90.5 Å². The quantitative estimate of drug-likeness (QED) is 0.573. The zero-order chi connectivity index (χ0) is 23.2. The van der Waals surface area contributed by atoms with Crippen LogP contribution in [0.2, 0.25) is 5.02 Å². The van der Waals surface area contributed by atoms with E-state index in [4.69, 9.17) is 11.6 Å². The molecule has 0 atom stereocenters. The molecular formula is C23H29ClN4O3. The van der Waals surface area contributed by atoms with Gasteiger partial charge in [-0.15, -0.1) is 0 Å². The van der Waals surface area contributed by atoms with E-state index in [-0.39, 0.29) is 29.8 Å². The zero-order valence-corrected chi connectivity index (χ0v) is 19.3. The number of halogens is 1. The van der Waals surface area contributed by atoms with Crippen LogP contribution in [0.5, 0.6) is 0 Å². The van der Waals surface area contributed by atoms with Crippen molar-refractivity contribution in [1.29, 1.82) is 0 Å². The SMILES string of the molecule is CCC(C)(C)NC(=O)c1ccc(NCC(=O)Nc2cccc(C(=O)N(C)C)c2)cc1Cl. The van der Waals surface area contributed by atoms with Gasteiger partial charge in [-0.2, -0.15) is 0 Å². The lowest BCUT2D eigenvalue weighted by molar-refractivity contribution is -0.114. The van der Waals surface area contributed by atoms with Crippen molar-refractivity contribution in [2.75, 3.05) is 31.3 Å². The van der Waals surface area contributed by atoms with E-state index in [0.717, 1.165) is 6.42 Å². The van der Waals surface area contributed by atoms with E-state index in [9.17, 15) is 14.4 Å². The molecule has 2 rings (SSSR count). The molecule has 0 aliphatic rings. The summed E-state index contributed by atoms with van der Waals surface area (Å²) in [7, 11) is 3.34. The van der Waals surface area contributed by atoms with Gasteiger partial charge in [-0.25, -0.2) is 0 Å². The predicted molar refractivity (Wildman–Crippen MR) is 125 cm³/mol. The summed E-state index contributed by atoms with van der Waals surface area (Å²) in [5.41, 5.74) is 1.68. The lowest BCUT2D eigenvalue weighted by atomic mass is 10.0. The average molecular weight is 445 g/mol. The lowest BCUT2D eigenvalue weighted by Crippen LogP contribution is -2.42. The van der Waals surface area contributed by atoms with Crippen LogP contribution in [0.25, 0.3) is 0 Å². The average Bonchev–Trinajstić information content (AvgIpc) is 2.71. The van der Waals surface area contributed by atoms with Crippen molar-refractivity contribution in [3.8, 4) is 0 Å². The van der Waals surface area contributed by atoms with Crippen LogP contribution in [0.3, 0.4) is 0 Å². The number of nitrogens with one attached hydrogen (secondary N) is 3. The van der Waals surface area contributed by atoms with Crippen molar-refractivity contribution in [2.24, 2.45) is 0 Å². The second kappa shape index (κ2) is 10.3. The molecule has 0 aliphatic heterocycles. The Morgan fingerprint density at radius 1 is 1.03 bits per heavy atom. The standard InChI is InChI=1S/C23H29ClN4O3/c1-6-23(2,3)27-21(30)18-11-10-16(13-19(18)24)25-14-20(29)26-17-9-7-8-15(12-17)22(31)28(4)5/h7-13,25H,6,14H2,1-5H3,(H,26,29)(H,27,30). The van der Waals surface area contributed by atoms with Crippen molar-refractivity contribution in [3.63, 3.8) is 0 Å². The van der Waals surface area contributed by atoms with Gasteiger partial charge in [0.05, 0.1) is 17.1 Å². The minimum atomic E-state index is -0.329. The van der Waals surface area contributed by atoms with Crippen LogP contribution in [0.15, 0.2) is 42.5 Å². The molecule has 166 valence electrons. The maximum atomic E-state index is 12.4. The largest absolute Gasteiger partial charge is 0.376 e. The molecule has 2 aromatic carbocycles. The first-order valence-electron chi connectivity index (χ1n) is 10.00. The molecule has 0 saturated carbocycles. The highest BCUT2D eigenvalue weighted by molar-refractivity contribution is 6.34. The molecule has 7 nitrogen and oxygen atoms in total. The Morgan fingerprint density at radius 3 is 2.35 bits per heavy atom. The Morgan fingerprint density at radius 2 is 1.74 bits per heavy atom. The number of hydrogen-bond donors (Lipinski definition) is 3. The summed E-state index contributed by atoms with van der Waals surface area (Å²) in [6.07, 6.45) is 0.789. The molecule has 3 N–H and O–H groups in total. The highest BCUT2D eigenvalue weighted by Gasteiger charge is 2.20.